The van der Waals surface area contributed by atoms with Gasteiger partial charge in [-0.3, -0.25) is 24.3 Å². The number of carbonyl (C=O) groups is 1. The summed E-state index contributed by atoms with van der Waals surface area (Å²) in [4.78, 5) is 34.8. The highest BCUT2D eigenvalue weighted by Gasteiger charge is 2.17. The molecule has 0 radical (unpaired) electrons. The number of nitro groups is 1. The van der Waals surface area contributed by atoms with Crippen LogP contribution in [0.2, 0.25) is 0 Å². The van der Waals surface area contributed by atoms with Gasteiger partial charge in [0.1, 0.15) is 6.54 Å². The van der Waals surface area contributed by atoms with Gasteiger partial charge in [-0.25, -0.2) is 0 Å². The molecule has 1 N–H and O–H groups in total. The fraction of sp³-hybridized carbons (Fsp3) is 0.143. The van der Waals surface area contributed by atoms with Crippen molar-refractivity contribution in [3.63, 3.8) is 0 Å². The molecule has 3 rings (SSSR count). The number of amides is 1. The zero-order chi connectivity index (χ0) is 19.9. The van der Waals surface area contributed by atoms with E-state index in [2.05, 4.69) is 5.32 Å². The Kier molecular flexibility index (Phi) is 5.96. The molecule has 0 aliphatic rings. The first-order valence-electron chi connectivity index (χ1n) is 8.76. The highest BCUT2D eigenvalue weighted by atomic mass is 16.6. The predicted octanol–water partition coefficient (Wildman–Crippen LogP) is 2.86. The molecule has 142 valence electrons. The average Bonchev–Trinajstić information content (AvgIpc) is 2.70. The molecule has 7 heteroatoms. The summed E-state index contributed by atoms with van der Waals surface area (Å²) in [5.74, 6) is -0.396. The summed E-state index contributed by atoms with van der Waals surface area (Å²) in [6.45, 7) is -0.293. The number of nitrogens with one attached hydrogen (secondary N) is 1. The molecule has 0 unspecified atom stereocenters. The quantitative estimate of drug-likeness (QED) is 0.506. The van der Waals surface area contributed by atoms with E-state index in [1.54, 1.807) is 0 Å². The fourth-order valence-electron chi connectivity index (χ4n) is 2.93. The van der Waals surface area contributed by atoms with Crippen LogP contribution in [0, 0.1) is 10.1 Å². The third kappa shape index (κ3) is 4.91. The van der Waals surface area contributed by atoms with E-state index in [0.29, 0.717) is 6.42 Å². The number of hydrogen-bond donors (Lipinski definition) is 1. The summed E-state index contributed by atoms with van der Waals surface area (Å²) in [5.41, 5.74) is 1.28. The molecule has 7 nitrogen and oxygen atoms in total. The van der Waals surface area contributed by atoms with Gasteiger partial charge >= 0.3 is 0 Å². The number of benzene rings is 2. The molecule has 1 atom stereocenters. The Morgan fingerprint density at radius 3 is 2.29 bits per heavy atom. The van der Waals surface area contributed by atoms with E-state index in [1.165, 1.54) is 0 Å². The maximum absolute atomic E-state index is 12.6. The second-order valence-corrected chi connectivity index (χ2v) is 6.33. The first-order valence-corrected chi connectivity index (χ1v) is 8.76. The van der Waals surface area contributed by atoms with Crippen molar-refractivity contribution in [1.29, 1.82) is 0 Å². The van der Waals surface area contributed by atoms with E-state index >= 15 is 0 Å². The van der Waals surface area contributed by atoms with Gasteiger partial charge in [-0.15, -0.1) is 0 Å². The zero-order valence-electron chi connectivity index (χ0n) is 15.0. The van der Waals surface area contributed by atoms with Gasteiger partial charge < -0.3 is 5.32 Å². The van der Waals surface area contributed by atoms with Crippen LogP contribution in [0.3, 0.4) is 0 Å². The Labute approximate surface area is 161 Å². The molecule has 1 amide bonds. The summed E-state index contributed by atoms with van der Waals surface area (Å²) < 4.78 is 1.04. The SMILES string of the molecule is O=C(Cn1cc([N+](=O)[O-])ccc1=O)N[C@@H](Cc1ccccc1)c1ccccc1. The van der Waals surface area contributed by atoms with Crippen molar-refractivity contribution in [1.82, 2.24) is 9.88 Å². The topological polar surface area (TPSA) is 94.2 Å². The van der Waals surface area contributed by atoms with Crippen LogP contribution in [0.1, 0.15) is 17.2 Å². The Morgan fingerprint density at radius 1 is 1.00 bits per heavy atom. The van der Waals surface area contributed by atoms with Crippen LogP contribution in [0.25, 0.3) is 0 Å². The minimum Gasteiger partial charge on any atom is -0.347 e. The van der Waals surface area contributed by atoms with Crippen LogP contribution < -0.4 is 10.9 Å². The summed E-state index contributed by atoms with van der Waals surface area (Å²) in [6, 6.07) is 21.2. The lowest BCUT2D eigenvalue weighted by Crippen LogP contribution is -2.35. The Morgan fingerprint density at radius 2 is 1.64 bits per heavy atom. The lowest BCUT2D eigenvalue weighted by Gasteiger charge is -2.20. The molecular formula is C21H19N3O4. The third-order valence-corrected chi connectivity index (χ3v) is 4.31. The first kappa shape index (κ1) is 19.0. The van der Waals surface area contributed by atoms with E-state index in [0.717, 1.165) is 34.0 Å². The van der Waals surface area contributed by atoms with Gasteiger partial charge in [-0.1, -0.05) is 60.7 Å². The van der Waals surface area contributed by atoms with E-state index in [1.807, 2.05) is 60.7 Å². The predicted molar refractivity (Wildman–Crippen MR) is 105 cm³/mol. The normalized spacial score (nSPS) is 11.6. The van der Waals surface area contributed by atoms with Crippen molar-refractivity contribution in [2.24, 2.45) is 0 Å². The third-order valence-electron chi connectivity index (χ3n) is 4.31. The molecule has 3 aromatic rings. The van der Waals surface area contributed by atoms with Crippen molar-refractivity contribution in [3.05, 3.63) is 111 Å². The van der Waals surface area contributed by atoms with Gasteiger partial charge in [-0.2, -0.15) is 0 Å². The molecule has 0 saturated carbocycles. The largest absolute Gasteiger partial charge is 0.347 e. The minimum absolute atomic E-state index is 0.240. The first-order chi connectivity index (χ1) is 13.5. The number of pyridine rings is 1. The van der Waals surface area contributed by atoms with Crippen molar-refractivity contribution in [2.45, 2.75) is 19.0 Å². The van der Waals surface area contributed by atoms with Crippen LogP contribution in [0.5, 0.6) is 0 Å². The molecule has 0 fully saturated rings. The molecule has 0 aliphatic heterocycles. The van der Waals surface area contributed by atoms with Crippen LogP contribution in [0.15, 0.2) is 83.8 Å². The van der Waals surface area contributed by atoms with Crippen LogP contribution in [-0.2, 0) is 17.8 Å². The Balaban J connectivity index is 1.79. The average molecular weight is 377 g/mol. The molecular weight excluding hydrogens is 358 g/mol. The minimum atomic E-state index is -0.601. The monoisotopic (exact) mass is 377 g/mol. The smallest absolute Gasteiger partial charge is 0.285 e. The molecule has 0 bridgehead atoms. The molecule has 0 saturated heterocycles. The second-order valence-electron chi connectivity index (χ2n) is 6.33. The van der Waals surface area contributed by atoms with Crippen molar-refractivity contribution in [2.75, 3.05) is 0 Å². The summed E-state index contributed by atoms with van der Waals surface area (Å²) in [6.07, 6.45) is 1.66. The number of rotatable bonds is 7. The summed E-state index contributed by atoms with van der Waals surface area (Å²) in [5, 5.41) is 13.8. The van der Waals surface area contributed by atoms with Gasteiger partial charge in [0.2, 0.25) is 5.91 Å². The van der Waals surface area contributed by atoms with Crippen molar-refractivity contribution >= 4 is 11.6 Å². The lowest BCUT2D eigenvalue weighted by molar-refractivity contribution is -0.385. The lowest BCUT2D eigenvalue weighted by atomic mass is 9.99. The Hall–Kier alpha value is -3.74. The Bertz CT molecular complexity index is 1020. The molecule has 1 heterocycles. The zero-order valence-corrected chi connectivity index (χ0v) is 15.0. The van der Waals surface area contributed by atoms with Gasteiger partial charge in [-0.05, 0) is 17.5 Å². The maximum Gasteiger partial charge on any atom is 0.285 e. The highest BCUT2D eigenvalue weighted by Crippen LogP contribution is 2.18. The van der Waals surface area contributed by atoms with E-state index in [-0.39, 0.29) is 18.3 Å². The molecule has 0 spiro atoms. The van der Waals surface area contributed by atoms with Crippen LogP contribution in [-0.4, -0.2) is 15.4 Å². The highest BCUT2D eigenvalue weighted by molar-refractivity contribution is 5.76. The standard InChI is InChI=1S/C21H19N3O4/c25-20(15-23-14-18(24(27)28)11-12-21(23)26)22-19(17-9-5-2-6-10-17)13-16-7-3-1-4-8-16/h1-12,14,19H,13,15H2,(H,22,25)/t19-/m0/s1. The fourth-order valence-corrected chi connectivity index (χ4v) is 2.93. The number of hydrogen-bond acceptors (Lipinski definition) is 4. The van der Waals surface area contributed by atoms with Gasteiger partial charge in [0.05, 0.1) is 17.2 Å². The van der Waals surface area contributed by atoms with E-state index in [9.17, 15) is 19.7 Å². The van der Waals surface area contributed by atoms with Crippen molar-refractivity contribution < 1.29 is 9.72 Å². The molecule has 2 aromatic carbocycles. The van der Waals surface area contributed by atoms with Gasteiger partial charge in [0, 0.05) is 12.1 Å². The number of carbonyl (C=O) groups excluding carboxylic acids is 1. The van der Waals surface area contributed by atoms with Crippen LogP contribution >= 0.6 is 0 Å². The number of nitrogens with zero attached hydrogens (tertiary/aromatic N) is 2. The number of aromatic nitrogens is 1. The molecule has 28 heavy (non-hydrogen) atoms. The van der Waals surface area contributed by atoms with E-state index in [4.69, 9.17) is 0 Å². The maximum atomic E-state index is 12.6. The van der Waals surface area contributed by atoms with Crippen LogP contribution in [0.4, 0.5) is 5.69 Å². The summed E-state index contributed by atoms with van der Waals surface area (Å²) >= 11 is 0. The summed E-state index contributed by atoms with van der Waals surface area (Å²) in [7, 11) is 0. The van der Waals surface area contributed by atoms with E-state index < -0.39 is 16.4 Å². The second kappa shape index (κ2) is 8.77. The molecule has 0 aliphatic carbocycles. The van der Waals surface area contributed by atoms with Crippen molar-refractivity contribution in [3.8, 4) is 0 Å². The molecule has 1 aromatic heterocycles. The van der Waals surface area contributed by atoms with Gasteiger partial charge in [0.15, 0.2) is 0 Å². The van der Waals surface area contributed by atoms with Gasteiger partial charge in [0.25, 0.3) is 11.2 Å².